The summed E-state index contributed by atoms with van der Waals surface area (Å²) in [5.74, 6) is 0.347. The number of anilines is 1. The highest BCUT2D eigenvalue weighted by Gasteiger charge is 2.29. The molecule has 1 aliphatic rings. The summed E-state index contributed by atoms with van der Waals surface area (Å²) < 4.78 is 0. The van der Waals surface area contributed by atoms with Gasteiger partial charge in [-0.05, 0) is 0 Å². The zero-order valence-corrected chi connectivity index (χ0v) is 9.71. The first-order valence-electron chi connectivity index (χ1n) is 4.71. The van der Waals surface area contributed by atoms with Gasteiger partial charge in [0.15, 0.2) is 0 Å². The van der Waals surface area contributed by atoms with Crippen LogP contribution in [-0.4, -0.2) is 35.0 Å². The summed E-state index contributed by atoms with van der Waals surface area (Å²) >= 11 is 1.46. The number of rotatable bonds is 2. The predicted octanol–water partition coefficient (Wildman–Crippen LogP) is 0.995. The molecule has 0 unspecified atom stereocenters. The van der Waals surface area contributed by atoms with Gasteiger partial charge in [0.25, 0.3) is 0 Å². The lowest BCUT2D eigenvalue weighted by atomic mass is 10.2. The fraction of sp³-hybridized carbons (Fsp3) is 0.625. The Morgan fingerprint density at radius 2 is 2.20 bits per heavy atom. The van der Waals surface area contributed by atoms with Crippen molar-refractivity contribution in [3.63, 3.8) is 0 Å². The van der Waals surface area contributed by atoms with Gasteiger partial charge < -0.3 is 0 Å². The Morgan fingerprint density at radius 1 is 1.47 bits per heavy atom. The van der Waals surface area contributed by atoms with E-state index in [1.54, 1.807) is 11.9 Å². The lowest BCUT2D eigenvalue weighted by molar-refractivity contribution is 0.217. The summed E-state index contributed by atoms with van der Waals surface area (Å²) in [4.78, 5) is 13.2. The molecule has 0 bridgehead atoms. The smallest absolute Gasteiger partial charge is 0.261 e. The first-order valence-corrected chi connectivity index (χ1v) is 5.53. The predicted molar refractivity (Wildman–Crippen MR) is 57.6 cm³/mol. The highest BCUT2D eigenvalue weighted by Crippen LogP contribution is 2.26. The van der Waals surface area contributed by atoms with Crippen molar-refractivity contribution in [2.45, 2.75) is 19.8 Å². The van der Waals surface area contributed by atoms with Crippen LogP contribution < -0.4 is 10.3 Å². The van der Waals surface area contributed by atoms with Crippen LogP contribution >= 0.6 is 11.3 Å². The molecule has 0 saturated carbocycles. The zero-order valence-electron chi connectivity index (χ0n) is 8.89. The molecule has 1 aromatic heterocycles. The molecule has 7 heteroatoms. The number of carbonyl (C=O) groups excluding carboxylic acids is 1. The van der Waals surface area contributed by atoms with Gasteiger partial charge in [0.1, 0.15) is 5.01 Å². The standard InChI is InChI=1S/C8H13N5OS/c1-5(2)6-10-11-7(15-6)13-4-9-12(3)8(13)14/h5,9H,4H2,1-3H3. The normalized spacial score (nSPS) is 16.9. The molecular weight excluding hydrogens is 214 g/mol. The molecule has 0 aromatic carbocycles. The minimum absolute atomic E-state index is 0.0959. The molecule has 0 spiro atoms. The van der Waals surface area contributed by atoms with Crippen LogP contribution in [0.5, 0.6) is 0 Å². The van der Waals surface area contributed by atoms with E-state index < -0.39 is 0 Å². The van der Waals surface area contributed by atoms with Crippen LogP contribution in [0.2, 0.25) is 0 Å². The molecule has 1 aliphatic heterocycles. The second-order valence-corrected chi connectivity index (χ2v) is 4.65. The van der Waals surface area contributed by atoms with E-state index in [2.05, 4.69) is 29.5 Å². The molecule has 6 nitrogen and oxygen atoms in total. The second kappa shape index (κ2) is 3.74. The van der Waals surface area contributed by atoms with Crippen LogP contribution in [0.1, 0.15) is 24.8 Å². The van der Waals surface area contributed by atoms with E-state index in [0.29, 0.717) is 17.7 Å². The van der Waals surface area contributed by atoms with E-state index in [1.165, 1.54) is 16.3 Å². The summed E-state index contributed by atoms with van der Waals surface area (Å²) in [6.45, 7) is 4.57. The van der Waals surface area contributed by atoms with E-state index >= 15 is 0 Å². The minimum Gasteiger partial charge on any atom is -0.261 e. The van der Waals surface area contributed by atoms with Crippen molar-refractivity contribution in [2.24, 2.45) is 0 Å². The number of nitrogens with one attached hydrogen (secondary N) is 1. The number of carbonyl (C=O) groups is 1. The zero-order chi connectivity index (χ0) is 11.0. The molecule has 2 heterocycles. The van der Waals surface area contributed by atoms with Crippen molar-refractivity contribution in [1.29, 1.82) is 0 Å². The number of hydrazine groups is 1. The van der Waals surface area contributed by atoms with Crippen molar-refractivity contribution >= 4 is 22.5 Å². The van der Waals surface area contributed by atoms with Crippen LogP contribution in [0.15, 0.2) is 0 Å². The molecule has 2 amide bonds. The molecule has 1 aromatic rings. The van der Waals surface area contributed by atoms with Crippen LogP contribution in [0.25, 0.3) is 0 Å². The maximum absolute atomic E-state index is 11.6. The molecule has 15 heavy (non-hydrogen) atoms. The summed E-state index contributed by atoms with van der Waals surface area (Å²) in [7, 11) is 1.69. The van der Waals surface area contributed by atoms with Crippen LogP contribution in [0.3, 0.4) is 0 Å². The third kappa shape index (κ3) is 1.80. The maximum Gasteiger partial charge on any atom is 0.341 e. The molecule has 1 fully saturated rings. The lowest BCUT2D eigenvalue weighted by Crippen LogP contribution is -2.31. The van der Waals surface area contributed by atoms with Crippen LogP contribution in [0.4, 0.5) is 9.93 Å². The number of aromatic nitrogens is 2. The number of hydrogen-bond donors (Lipinski definition) is 1. The monoisotopic (exact) mass is 227 g/mol. The third-order valence-corrected chi connectivity index (χ3v) is 3.39. The van der Waals surface area contributed by atoms with Crippen molar-refractivity contribution in [1.82, 2.24) is 20.6 Å². The van der Waals surface area contributed by atoms with Gasteiger partial charge in [-0.3, -0.25) is 9.91 Å². The third-order valence-electron chi connectivity index (χ3n) is 2.14. The molecule has 1 N–H and O–H groups in total. The SMILES string of the molecule is CC(C)c1nnc(N2CNN(C)C2=O)s1. The molecule has 2 rings (SSSR count). The lowest BCUT2D eigenvalue weighted by Gasteiger charge is -2.09. The maximum atomic E-state index is 11.6. The highest BCUT2D eigenvalue weighted by molar-refractivity contribution is 7.15. The number of hydrogen-bond acceptors (Lipinski definition) is 5. The number of nitrogens with zero attached hydrogens (tertiary/aromatic N) is 4. The van der Waals surface area contributed by atoms with E-state index in [9.17, 15) is 4.79 Å². The summed E-state index contributed by atoms with van der Waals surface area (Å²) in [5.41, 5.74) is 2.90. The van der Waals surface area contributed by atoms with Gasteiger partial charge in [-0.25, -0.2) is 10.2 Å². The minimum atomic E-state index is -0.0959. The van der Waals surface area contributed by atoms with E-state index in [4.69, 9.17) is 0 Å². The van der Waals surface area contributed by atoms with Crippen molar-refractivity contribution in [3.05, 3.63) is 5.01 Å². The fourth-order valence-corrected chi connectivity index (χ4v) is 2.05. The Morgan fingerprint density at radius 3 is 2.67 bits per heavy atom. The molecular formula is C8H13N5OS. The molecule has 0 aliphatic carbocycles. The Labute approximate surface area is 91.9 Å². The Hall–Kier alpha value is -1.21. The fourth-order valence-electron chi connectivity index (χ4n) is 1.21. The van der Waals surface area contributed by atoms with Gasteiger partial charge in [0.05, 0.1) is 6.67 Å². The van der Waals surface area contributed by atoms with Gasteiger partial charge in [0.2, 0.25) is 5.13 Å². The Bertz CT molecular complexity index is 377. The van der Waals surface area contributed by atoms with Crippen LogP contribution in [-0.2, 0) is 0 Å². The molecule has 0 radical (unpaired) electrons. The Kier molecular flexibility index (Phi) is 2.57. The van der Waals surface area contributed by atoms with Crippen molar-refractivity contribution < 1.29 is 4.79 Å². The van der Waals surface area contributed by atoms with Gasteiger partial charge in [-0.15, -0.1) is 10.2 Å². The molecule has 0 atom stereocenters. The number of urea groups is 1. The van der Waals surface area contributed by atoms with Gasteiger partial charge >= 0.3 is 6.03 Å². The van der Waals surface area contributed by atoms with Crippen molar-refractivity contribution in [2.75, 3.05) is 18.6 Å². The average molecular weight is 227 g/mol. The van der Waals surface area contributed by atoms with Crippen LogP contribution in [0, 0.1) is 0 Å². The van der Waals surface area contributed by atoms with Gasteiger partial charge in [-0.1, -0.05) is 25.2 Å². The van der Waals surface area contributed by atoms with Gasteiger partial charge in [-0.2, -0.15) is 0 Å². The quantitative estimate of drug-likeness (QED) is 0.818. The largest absolute Gasteiger partial charge is 0.341 e. The molecule has 82 valence electrons. The summed E-state index contributed by atoms with van der Waals surface area (Å²) in [5, 5.41) is 11.1. The Balaban J connectivity index is 2.20. The van der Waals surface area contributed by atoms with E-state index in [1.807, 2.05) is 0 Å². The van der Waals surface area contributed by atoms with Crippen molar-refractivity contribution in [3.8, 4) is 0 Å². The summed E-state index contributed by atoms with van der Waals surface area (Å²) in [6.07, 6.45) is 0. The molecule has 1 saturated heterocycles. The second-order valence-electron chi connectivity index (χ2n) is 3.66. The topological polar surface area (TPSA) is 61.4 Å². The number of amides is 2. The first-order chi connectivity index (χ1) is 7.09. The summed E-state index contributed by atoms with van der Waals surface area (Å²) in [6, 6.07) is -0.0959. The average Bonchev–Trinajstić information content (AvgIpc) is 2.76. The van der Waals surface area contributed by atoms with Gasteiger partial charge in [0, 0.05) is 13.0 Å². The first kappa shape index (κ1) is 10.3. The highest BCUT2D eigenvalue weighted by atomic mass is 32.1. The van der Waals surface area contributed by atoms with E-state index in [-0.39, 0.29) is 6.03 Å². The van der Waals surface area contributed by atoms with E-state index in [0.717, 1.165) is 5.01 Å².